The molecule has 0 bridgehead atoms. The van der Waals surface area contributed by atoms with Crippen molar-refractivity contribution < 1.29 is 5.11 Å². The average Bonchev–Trinajstić information content (AvgIpc) is 1.99. The molecule has 1 N–H and O–H groups in total. The maximum absolute atomic E-state index is 9.38. The average molecular weight is 166 g/mol. The Morgan fingerprint density at radius 3 is 2.17 bits per heavy atom. The number of hydrogen-bond acceptors (Lipinski definition) is 3. The van der Waals surface area contributed by atoms with Crippen molar-refractivity contribution >= 4 is 0 Å². The van der Waals surface area contributed by atoms with Crippen LogP contribution in [0.25, 0.3) is 0 Å². The first-order valence-corrected chi connectivity index (χ1v) is 4.06. The molecular formula is C9H14N2O. The molecular weight excluding hydrogens is 152 g/mol. The summed E-state index contributed by atoms with van der Waals surface area (Å²) in [6.07, 6.45) is 0. The molecule has 0 amide bonds. The predicted octanol–water partition coefficient (Wildman–Crippen LogP) is 1.92. The molecule has 0 aliphatic rings. The van der Waals surface area contributed by atoms with Gasteiger partial charge in [-0.2, -0.15) is 4.98 Å². The second kappa shape index (κ2) is 3.09. The maximum atomic E-state index is 9.38. The molecule has 12 heavy (non-hydrogen) atoms. The lowest BCUT2D eigenvalue weighted by molar-refractivity contribution is 0.441. The van der Waals surface area contributed by atoms with E-state index in [0.717, 1.165) is 11.3 Å². The molecule has 0 atom stereocenters. The zero-order valence-corrected chi connectivity index (χ0v) is 7.92. The van der Waals surface area contributed by atoms with Crippen molar-refractivity contribution in [2.24, 2.45) is 0 Å². The largest absolute Gasteiger partial charge is 0.493 e. The van der Waals surface area contributed by atoms with Crippen LogP contribution in [0.4, 0.5) is 0 Å². The summed E-state index contributed by atoms with van der Waals surface area (Å²) in [6.45, 7) is 7.70. The lowest BCUT2D eigenvalue weighted by Gasteiger charge is -2.07. The minimum absolute atomic E-state index is 0.103. The first kappa shape index (κ1) is 8.97. The lowest BCUT2D eigenvalue weighted by atomic mass is 10.2. The van der Waals surface area contributed by atoms with Crippen molar-refractivity contribution in [3.63, 3.8) is 0 Å². The maximum Gasteiger partial charge on any atom is 0.217 e. The topological polar surface area (TPSA) is 46.0 Å². The van der Waals surface area contributed by atoms with E-state index in [1.807, 2.05) is 27.7 Å². The molecule has 1 aromatic heterocycles. The Morgan fingerprint density at radius 1 is 1.17 bits per heavy atom. The van der Waals surface area contributed by atoms with Gasteiger partial charge in [0.25, 0.3) is 0 Å². The third-order valence-electron chi connectivity index (χ3n) is 1.90. The minimum atomic E-state index is 0.103. The summed E-state index contributed by atoms with van der Waals surface area (Å²) in [5.74, 6) is 1.07. The SMILES string of the molecule is Cc1nc(C(C)C)nc(O)c1C. The summed E-state index contributed by atoms with van der Waals surface area (Å²) in [5.41, 5.74) is 1.62. The van der Waals surface area contributed by atoms with Gasteiger partial charge in [0, 0.05) is 17.2 Å². The summed E-state index contributed by atoms with van der Waals surface area (Å²) in [4.78, 5) is 8.24. The van der Waals surface area contributed by atoms with E-state index in [-0.39, 0.29) is 11.8 Å². The first-order chi connectivity index (χ1) is 5.52. The Kier molecular flexibility index (Phi) is 2.31. The van der Waals surface area contributed by atoms with Crippen LogP contribution in [0.3, 0.4) is 0 Å². The summed E-state index contributed by atoms with van der Waals surface area (Å²) < 4.78 is 0. The first-order valence-electron chi connectivity index (χ1n) is 4.06. The zero-order chi connectivity index (χ0) is 9.30. The van der Waals surface area contributed by atoms with Crippen molar-refractivity contribution in [2.45, 2.75) is 33.6 Å². The molecule has 3 heteroatoms. The van der Waals surface area contributed by atoms with Crippen LogP contribution in [0.1, 0.15) is 36.8 Å². The van der Waals surface area contributed by atoms with E-state index < -0.39 is 0 Å². The lowest BCUT2D eigenvalue weighted by Crippen LogP contribution is -2.01. The summed E-state index contributed by atoms with van der Waals surface area (Å²) >= 11 is 0. The van der Waals surface area contributed by atoms with Crippen molar-refractivity contribution in [3.8, 4) is 5.88 Å². The van der Waals surface area contributed by atoms with E-state index in [1.165, 1.54) is 0 Å². The highest BCUT2D eigenvalue weighted by Crippen LogP contribution is 2.18. The molecule has 1 heterocycles. The number of rotatable bonds is 1. The number of aromatic hydroxyl groups is 1. The molecule has 0 aromatic carbocycles. The van der Waals surface area contributed by atoms with Gasteiger partial charge >= 0.3 is 0 Å². The van der Waals surface area contributed by atoms with Gasteiger partial charge in [-0.3, -0.25) is 0 Å². The third-order valence-corrected chi connectivity index (χ3v) is 1.90. The van der Waals surface area contributed by atoms with Gasteiger partial charge in [0.15, 0.2) is 0 Å². The quantitative estimate of drug-likeness (QED) is 0.693. The Labute approximate surface area is 72.5 Å². The zero-order valence-electron chi connectivity index (χ0n) is 7.92. The molecule has 0 fully saturated rings. The fourth-order valence-electron chi connectivity index (χ4n) is 0.893. The second-order valence-corrected chi connectivity index (χ2v) is 3.27. The molecule has 3 nitrogen and oxygen atoms in total. The van der Waals surface area contributed by atoms with Crippen molar-refractivity contribution in [2.75, 3.05) is 0 Å². The Morgan fingerprint density at radius 2 is 1.75 bits per heavy atom. The number of nitrogens with zero attached hydrogens (tertiary/aromatic N) is 2. The highest BCUT2D eigenvalue weighted by atomic mass is 16.3. The van der Waals surface area contributed by atoms with E-state index in [9.17, 15) is 5.11 Å². The summed E-state index contributed by atoms with van der Waals surface area (Å²) in [6, 6.07) is 0. The minimum Gasteiger partial charge on any atom is -0.493 e. The van der Waals surface area contributed by atoms with E-state index >= 15 is 0 Å². The second-order valence-electron chi connectivity index (χ2n) is 3.27. The molecule has 1 aromatic rings. The normalized spacial score (nSPS) is 10.8. The number of aryl methyl sites for hydroxylation is 1. The van der Waals surface area contributed by atoms with Crippen LogP contribution in [0.2, 0.25) is 0 Å². The highest BCUT2D eigenvalue weighted by molar-refractivity contribution is 5.27. The van der Waals surface area contributed by atoms with Gasteiger partial charge in [-0.05, 0) is 13.8 Å². The molecule has 0 radical (unpaired) electrons. The Bertz CT molecular complexity index is 272. The van der Waals surface area contributed by atoms with E-state index in [4.69, 9.17) is 0 Å². The Hall–Kier alpha value is -1.12. The molecule has 0 saturated carbocycles. The van der Waals surface area contributed by atoms with Gasteiger partial charge in [0.2, 0.25) is 5.88 Å². The molecule has 0 spiro atoms. The smallest absolute Gasteiger partial charge is 0.217 e. The summed E-state index contributed by atoms with van der Waals surface area (Å²) in [7, 11) is 0. The molecule has 0 saturated heterocycles. The Balaban J connectivity index is 3.21. The summed E-state index contributed by atoms with van der Waals surface area (Å²) in [5, 5.41) is 9.38. The fourth-order valence-corrected chi connectivity index (χ4v) is 0.893. The monoisotopic (exact) mass is 166 g/mol. The van der Waals surface area contributed by atoms with Crippen LogP contribution in [0.5, 0.6) is 5.88 Å². The van der Waals surface area contributed by atoms with Crippen LogP contribution in [-0.4, -0.2) is 15.1 Å². The van der Waals surface area contributed by atoms with E-state index in [2.05, 4.69) is 9.97 Å². The van der Waals surface area contributed by atoms with Crippen LogP contribution < -0.4 is 0 Å². The van der Waals surface area contributed by atoms with E-state index in [1.54, 1.807) is 0 Å². The van der Waals surface area contributed by atoms with Crippen LogP contribution >= 0.6 is 0 Å². The number of hydrogen-bond donors (Lipinski definition) is 1. The number of aromatic nitrogens is 2. The van der Waals surface area contributed by atoms with Gasteiger partial charge in [-0.1, -0.05) is 13.8 Å². The van der Waals surface area contributed by atoms with Gasteiger partial charge in [0.05, 0.1) is 0 Å². The predicted molar refractivity (Wildman–Crippen MR) is 47.3 cm³/mol. The van der Waals surface area contributed by atoms with Crippen LogP contribution in [0, 0.1) is 13.8 Å². The van der Waals surface area contributed by atoms with Gasteiger partial charge in [-0.25, -0.2) is 4.98 Å². The standard InChI is InChI=1S/C9H14N2O/c1-5(2)8-10-7(4)6(3)9(12)11-8/h5H,1-4H3,(H,10,11,12). The molecule has 0 unspecified atom stereocenters. The van der Waals surface area contributed by atoms with Crippen LogP contribution in [-0.2, 0) is 0 Å². The third kappa shape index (κ3) is 1.55. The van der Waals surface area contributed by atoms with Gasteiger partial charge < -0.3 is 5.11 Å². The fraction of sp³-hybridized carbons (Fsp3) is 0.556. The molecule has 1 rings (SSSR count). The molecule has 0 aliphatic heterocycles. The molecule has 0 aliphatic carbocycles. The van der Waals surface area contributed by atoms with E-state index in [0.29, 0.717) is 5.82 Å². The van der Waals surface area contributed by atoms with Gasteiger partial charge in [0.1, 0.15) is 5.82 Å². The highest BCUT2D eigenvalue weighted by Gasteiger charge is 2.08. The van der Waals surface area contributed by atoms with Crippen molar-refractivity contribution in [3.05, 3.63) is 17.1 Å². The van der Waals surface area contributed by atoms with Crippen molar-refractivity contribution in [1.82, 2.24) is 9.97 Å². The van der Waals surface area contributed by atoms with Crippen molar-refractivity contribution in [1.29, 1.82) is 0 Å². The molecule has 66 valence electrons. The van der Waals surface area contributed by atoms with Crippen LogP contribution in [0.15, 0.2) is 0 Å². The van der Waals surface area contributed by atoms with Gasteiger partial charge in [-0.15, -0.1) is 0 Å².